The molecule has 0 atom stereocenters. The van der Waals surface area contributed by atoms with Crippen molar-refractivity contribution < 1.29 is 4.79 Å². The lowest BCUT2D eigenvalue weighted by Gasteiger charge is -2.16. The lowest BCUT2D eigenvalue weighted by molar-refractivity contribution is 0.0804. The molecular formula is C10H10BrCl2NO. The molecule has 0 heterocycles. The van der Waals surface area contributed by atoms with E-state index < -0.39 is 0 Å². The number of hydrogen-bond acceptors (Lipinski definition) is 1. The molecule has 15 heavy (non-hydrogen) atoms. The average Bonchev–Trinajstić information content (AvgIpc) is 2.21. The van der Waals surface area contributed by atoms with Crippen LogP contribution >= 0.6 is 39.1 Å². The van der Waals surface area contributed by atoms with Gasteiger partial charge in [0.2, 0.25) is 0 Å². The van der Waals surface area contributed by atoms with Crippen molar-refractivity contribution in [3.05, 3.63) is 33.8 Å². The second-order valence-electron chi connectivity index (χ2n) is 3.04. The molecule has 0 aliphatic heterocycles. The lowest BCUT2D eigenvalue weighted by atomic mass is 10.2. The average molecular weight is 311 g/mol. The highest BCUT2D eigenvalue weighted by molar-refractivity contribution is 9.09. The van der Waals surface area contributed by atoms with Crippen LogP contribution in [0.3, 0.4) is 0 Å². The molecule has 0 saturated carbocycles. The number of alkyl halides is 1. The van der Waals surface area contributed by atoms with E-state index in [-0.39, 0.29) is 5.91 Å². The molecule has 1 aromatic carbocycles. The number of nitrogens with zero attached hydrogens (tertiary/aromatic N) is 1. The fraction of sp³-hybridized carbons (Fsp3) is 0.300. The van der Waals surface area contributed by atoms with Gasteiger partial charge in [-0.25, -0.2) is 0 Å². The van der Waals surface area contributed by atoms with Crippen molar-refractivity contribution in [3.63, 3.8) is 0 Å². The highest BCUT2D eigenvalue weighted by Crippen LogP contribution is 2.21. The molecule has 82 valence electrons. The molecule has 1 aromatic rings. The highest BCUT2D eigenvalue weighted by atomic mass is 79.9. The number of carbonyl (C=O) groups excluding carboxylic acids is 1. The third-order valence-electron chi connectivity index (χ3n) is 1.93. The first kappa shape index (κ1) is 12.8. The predicted octanol–water partition coefficient (Wildman–Crippen LogP) is 3.46. The first-order valence-electron chi connectivity index (χ1n) is 4.32. The number of carbonyl (C=O) groups is 1. The smallest absolute Gasteiger partial charge is 0.255 e. The lowest BCUT2D eigenvalue weighted by Crippen LogP contribution is -2.28. The number of benzene rings is 1. The van der Waals surface area contributed by atoms with Crippen LogP contribution in [-0.4, -0.2) is 29.7 Å². The fourth-order valence-corrected chi connectivity index (χ4v) is 2.00. The van der Waals surface area contributed by atoms with Crippen LogP contribution in [0, 0.1) is 0 Å². The molecular weight excluding hydrogens is 301 g/mol. The van der Waals surface area contributed by atoms with Crippen LogP contribution in [0.15, 0.2) is 18.2 Å². The molecule has 0 radical (unpaired) electrons. The largest absolute Gasteiger partial charge is 0.341 e. The SMILES string of the molecule is CN(CCBr)C(=O)c1cc(Cl)ccc1Cl. The standard InChI is InChI=1S/C10H10BrCl2NO/c1-14(5-4-11)10(15)8-6-7(12)2-3-9(8)13/h2-3,6H,4-5H2,1H3. The Morgan fingerprint density at radius 1 is 1.47 bits per heavy atom. The van der Waals surface area contributed by atoms with Gasteiger partial charge in [0.25, 0.3) is 5.91 Å². The molecule has 0 saturated heterocycles. The quantitative estimate of drug-likeness (QED) is 0.783. The summed E-state index contributed by atoms with van der Waals surface area (Å²) in [6.07, 6.45) is 0. The van der Waals surface area contributed by atoms with Gasteiger partial charge in [-0.1, -0.05) is 39.1 Å². The van der Waals surface area contributed by atoms with Crippen molar-refractivity contribution in [2.75, 3.05) is 18.9 Å². The van der Waals surface area contributed by atoms with E-state index in [2.05, 4.69) is 15.9 Å². The second-order valence-corrected chi connectivity index (χ2v) is 4.68. The Balaban J connectivity index is 2.95. The summed E-state index contributed by atoms with van der Waals surface area (Å²) in [4.78, 5) is 13.5. The maximum Gasteiger partial charge on any atom is 0.255 e. The van der Waals surface area contributed by atoms with Crippen LogP contribution in [0.1, 0.15) is 10.4 Å². The predicted molar refractivity (Wildman–Crippen MR) is 67.2 cm³/mol. The van der Waals surface area contributed by atoms with Gasteiger partial charge in [0.05, 0.1) is 10.6 Å². The Morgan fingerprint density at radius 2 is 2.13 bits per heavy atom. The fourth-order valence-electron chi connectivity index (χ4n) is 1.10. The maximum absolute atomic E-state index is 11.9. The number of amides is 1. The van der Waals surface area contributed by atoms with Crippen molar-refractivity contribution in [1.82, 2.24) is 4.90 Å². The van der Waals surface area contributed by atoms with Gasteiger partial charge >= 0.3 is 0 Å². The van der Waals surface area contributed by atoms with Crippen LogP contribution in [0.5, 0.6) is 0 Å². The zero-order valence-electron chi connectivity index (χ0n) is 8.14. The molecule has 0 N–H and O–H groups in total. The first-order chi connectivity index (χ1) is 7.06. The zero-order valence-corrected chi connectivity index (χ0v) is 11.2. The Morgan fingerprint density at radius 3 is 2.73 bits per heavy atom. The topological polar surface area (TPSA) is 20.3 Å². The van der Waals surface area contributed by atoms with E-state index in [1.807, 2.05) is 0 Å². The van der Waals surface area contributed by atoms with E-state index in [1.54, 1.807) is 30.1 Å². The van der Waals surface area contributed by atoms with Crippen LogP contribution in [-0.2, 0) is 0 Å². The van der Waals surface area contributed by atoms with E-state index in [4.69, 9.17) is 23.2 Å². The zero-order chi connectivity index (χ0) is 11.4. The Hall–Kier alpha value is -0.250. The van der Waals surface area contributed by atoms with Crippen LogP contribution in [0.2, 0.25) is 10.0 Å². The van der Waals surface area contributed by atoms with Crippen LogP contribution in [0.4, 0.5) is 0 Å². The summed E-state index contributed by atoms with van der Waals surface area (Å²) in [5.74, 6) is -0.123. The molecule has 1 rings (SSSR count). The third-order valence-corrected chi connectivity index (χ3v) is 2.84. The molecule has 0 aliphatic rings. The second kappa shape index (κ2) is 5.73. The molecule has 2 nitrogen and oxygen atoms in total. The number of halogens is 3. The van der Waals surface area contributed by atoms with Gasteiger partial charge in [-0.2, -0.15) is 0 Å². The third kappa shape index (κ3) is 3.37. The molecule has 5 heteroatoms. The Bertz CT molecular complexity index is 370. The minimum atomic E-state index is -0.123. The summed E-state index contributed by atoms with van der Waals surface area (Å²) in [6.45, 7) is 0.627. The normalized spacial score (nSPS) is 10.1. The minimum Gasteiger partial charge on any atom is -0.341 e. The molecule has 0 bridgehead atoms. The van der Waals surface area contributed by atoms with Crippen molar-refractivity contribution >= 4 is 45.0 Å². The highest BCUT2D eigenvalue weighted by Gasteiger charge is 2.14. The van der Waals surface area contributed by atoms with Crippen molar-refractivity contribution in [3.8, 4) is 0 Å². The van der Waals surface area contributed by atoms with Crippen LogP contribution in [0.25, 0.3) is 0 Å². The van der Waals surface area contributed by atoms with Gasteiger partial charge in [0.1, 0.15) is 0 Å². The minimum absolute atomic E-state index is 0.123. The Labute approximate surface area is 107 Å². The van der Waals surface area contributed by atoms with E-state index in [0.29, 0.717) is 22.2 Å². The van der Waals surface area contributed by atoms with E-state index >= 15 is 0 Å². The summed E-state index contributed by atoms with van der Waals surface area (Å²) < 4.78 is 0. The number of rotatable bonds is 3. The summed E-state index contributed by atoms with van der Waals surface area (Å²) in [6, 6.07) is 4.86. The monoisotopic (exact) mass is 309 g/mol. The van der Waals surface area contributed by atoms with Gasteiger partial charge < -0.3 is 4.90 Å². The van der Waals surface area contributed by atoms with Gasteiger partial charge in [-0.15, -0.1) is 0 Å². The summed E-state index contributed by atoms with van der Waals surface area (Å²) >= 11 is 15.0. The van der Waals surface area contributed by atoms with Gasteiger partial charge in [0, 0.05) is 23.9 Å². The molecule has 0 spiro atoms. The molecule has 1 amide bonds. The van der Waals surface area contributed by atoms with E-state index in [1.165, 1.54) is 0 Å². The van der Waals surface area contributed by atoms with E-state index in [9.17, 15) is 4.79 Å². The van der Waals surface area contributed by atoms with Crippen LogP contribution < -0.4 is 0 Å². The summed E-state index contributed by atoms with van der Waals surface area (Å²) in [5.41, 5.74) is 0.438. The van der Waals surface area contributed by atoms with Gasteiger partial charge in [0.15, 0.2) is 0 Å². The molecule has 0 unspecified atom stereocenters. The van der Waals surface area contributed by atoms with Gasteiger partial charge in [-0.05, 0) is 18.2 Å². The Kier molecular flexibility index (Phi) is 4.90. The van der Waals surface area contributed by atoms with Crippen molar-refractivity contribution in [1.29, 1.82) is 0 Å². The first-order valence-corrected chi connectivity index (χ1v) is 6.20. The van der Waals surface area contributed by atoms with Crippen molar-refractivity contribution in [2.24, 2.45) is 0 Å². The maximum atomic E-state index is 11.9. The molecule has 0 aromatic heterocycles. The molecule has 0 fully saturated rings. The summed E-state index contributed by atoms with van der Waals surface area (Å²) in [7, 11) is 1.72. The van der Waals surface area contributed by atoms with Crippen molar-refractivity contribution in [2.45, 2.75) is 0 Å². The summed E-state index contributed by atoms with van der Waals surface area (Å²) in [5, 5.41) is 1.66. The van der Waals surface area contributed by atoms with E-state index in [0.717, 1.165) is 5.33 Å². The van der Waals surface area contributed by atoms with Gasteiger partial charge in [-0.3, -0.25) is 4.79 Å². The molecule has 0 aliphatic carbocycles. The number of hydrogen-bond donors (Lipinski definition) is 0.